The molecule has 1 saturated carbocycles. The molecule has 4 heteroatoms. The van der Waals surface area contributed by atoms with Crippen molar-refractivity contribution in [3.05, 3.63) is 0 Å². The average molecular weight is 282 g/mol. The van der Waals surface area contributed by atoms with Crippen molar-refractivity contribution in [3.8, 4) is 0 Å². The Morgan fingerprint density at radius 3 is 2.50 bits per heavy atom. The number of carbonyl (C=O) groups is 1. The van der Waals surface area contributed by atoms with E-state index in [4.69, 9.17) is 4.74 Å². The molecule has 2 aliphatic rings. The molecule has 2 fully saturated rings. The molecule has 1 heterocycles. The number of nitrogens with zero attached hydrogens (tertiary/aromatic N) is 1. The second kappa shape index (κ2) is 7.41. The summed E-state index contributed by atoms with van der Waals surface area (Å²) in [5.74, 6) is 1.01. The van der Waals surface area contributed by atoms with Gasteiger partial charge in [0.15, 0.2) is 0 Å². The van der Waals surface area contributed by atoms with Crippen LogP contribution in [-0.2, 0) is 9.53 Å². The highest BCUT2D eigenvalue weighted by molar-refractivity contribution is 5.83. The second-order valence-corrected chi connectivity index (χ2v) is 6.65. The first-order valence-corrected chi connectivity index (χ1v) is 8.13. The Balaban J connectivity index is 1.95. The molecule has 0 aromatic rings. The molecule has 1 aliphatic heterocycles. The van der Waals surface area contributed by atoms with Crippen LogP contribution in [0.15, 0.2) is 0 Å². The zero-order valence-corrected chi connectivity index (χ0v) is 13.1. The first kappa shape index (κ1) is 15.8. The predicted molar refractivity (Wildman–Crippen MR) is 80.6 cm³/mol. The molecule has 4 nitrogen and oxygen atoms in total. The highest BCUT2D eigenvalue weighted by Crippen LogP contribution is 2.32. The van der Waals surface area contributed by atoms with Gasteiger partial charge >= 0.3 is 0 Å². The lowest BCUT2D eigenvalue weighted by Crippen LogP contribution is -2.51. The van der Waals surface area contributed by atoms with Gasteiger partial charge in [-0.1, -0.05) is 19.3 Å². The Bertz CT molecular complexity index is 302. The van der Waals surface area contributed by atoms with E-state index in [0.29, 0.717) is 18.4 Å². The second-order valence-electron chi connectivity index (χ2n) is 6.65. The molecule has 0 bridgehead atoms. The van der Waals surface area contributed by atoms with Crippen molar-refractivity contribution in [1.82, 2.24) is 10.2 Å². The number of hydrogen-bond acceptors (Lipinski definition) is 3. The van der Waals surface area contributed by atoms with Crippen LogP contribution in [0.3, 0.4) is 0 Å². The van der Waals surface area contributed by atoms with Gasteiger partial charge in [0, 0.05) is 20.7 Å². The molecule has 116 valence electrons. The van der Waals surface area contributed by atoms with Gasteiger partial charge in [-0.3, -0.25) is 4.79 Å². The van der Waals surface area contributed by atoms with Crippen LogP contribution < -0.4 is 5.32 Å². The van der Waals surface area contributed by atoms with Crippen LogP contribution in [-0.4, -0.2) is 51.2 Å². The molecule has 1 amide bonds. The Labute approximate surface area is 123 Å². The minimum atomic E-state index is -0.288. The molecule has 0 aromatic heterocycles. The summed E-state index contributed by atoms with van der Waals surface area (Å²) < 4.78 is 5.37. The van der Waals surface area contributed by atoms with Crippen molar-refractivity contribution in [2.75, 3.05) is 40.4 Å². The highest BCUT2D eigenvalue weighted by atomic mass is 16.5. The third kappa shape index (κ3) is 3.73. The Kier molecular flexibility index (Phi) is 5.85. The van der Waals surface area contributed by atoms with Crippen LogP contribution in [0, 0.1) is 11.3 Å². The van der Waals surface area contributed by atoms with E-state index in [-0.39, 0.29) is 5.41 Å². The summed E-state index contributed by atoms with van der Waals surface area (Å²) in [6.07, 6.45) is 8.41. The Hall–Kier alpha value is -0.610. The van der Waals surface area contributed by atoms with Gasteiger partial charge in [0.2, 0.25) is 5.91 Å². The number of ether oxygens (including phenoxy) is 1. The molecule has 1 aliphatic carbocycles. The quantitative estimate of drug-likeness (QED) is 0.839. The van der Waals surface area contributed by atoms with Gasteiger partial charge in [0.05, 0.1) is 12.0 Å². The SMILES string of the molecule is COCC1(C(=O)N(C)CC2CCCCC2)CCNCC1. The lowest BCUT2D eigenvalue weighted by Gasteiger charge is -2.39. The molecule has 0 spiro atoms. The third-order valence-electron chi connectivity index (χ3n) is 5.04. The van der Waals surface area contributed by atoms with E-state index in [1.54, 1.807) is 7.11 Å². The van der Waals surface area contributed by atoms with Gasteiger partial charge in [-0.15, -0.1) is 0 Å². The van der Waals surface area contributed by atoms with Crippen LogP contribution in [0.4, 0.5) is 0 Å². The fourth-order valence-corrected chi connectivity index (χ4v) is 3.85. The molecule has 20 heavy (non-hydrogen) atoms. The van der Waals surface area contributed by atoms with Gasteiger partial charge in [0.25, 0.3) is 0 Å². The lowest BCUT2D eigenvalue weighted by atomic mass is 9.78. The predicted octanol–water partition coefficient (Wildman–Crippen LogP) is 2.04. The van der Waals surface area contributed by atoms with Gasteiger partial charge in [-0.25, -0.2) is 0 Å². The fourth-order valence-electron chi connectivity index (χ4n) is 3.85. The van der Waals surface area contributed by atoms with Crippen molar-refractivity contribution in [2.24, 2.45) is 11.3 Å². The number of hydrogen-bond donors (Lipinski definition) is 1. The summed E-state index contributed by atoms with van der Waals surface area (Å²) in [5, 5.41) is 3.35. The van der Waals surface area contributed by atoms with E-state index in [0.717, 1.165) is 32.5 Å². The van der Waals surface area contributed by atoms with Crippen molar-refractivity contribution in [1.29, 1.82) is 0 Å². The van der Waals surface area contributed by atoms with E-state index in [9.17, 15) is 4.79 Å². The van der Waals surface area contributed by atoms with Crippen molar-refractivity contribution in [2.45, 2.75) is 44.9 Å². The van der Waals surface area contributed by atoms with Gasteiger partial charge in [-0.05, 0) is 44.7 Å². The van der Waals surface area contributed by atoms with Gasteiger partial charge in [-0.2, -0.15) is 0 Å². The van der Waals surface area contributed by atoms with Crippen LogP contribution in [0.2, 0.25) is 0 Å². The summed E-state index contributed by atoms with van der Waals surface area (Å²) in [7, 11) is 3.69. The topological polar surface area (TPSA) is 41.6 Å². The maximum atomic E-state index is 12.9. The van der Waals surface area contributed by atoms with Crippen LogP contribution in [0.1, 0.15) is 44.9 Å². The summed E-state index contributed by atoms with van der Waals surface area (Å²) in [6.45, 7) is 3.33. The lowest BCUT2D eigenvalue weighted by molar-refractivity contribution is -0.146. The van der Waals surface area contributed by atoms with Crippen molar-refractivity contribution >= 4 is 5.91 Å². The van der Waals surface area contributed by atoms with E-state index >= 15 is 0 Å². The molecule has 1 N–H and O–H groups in total. The third-order valence-corrected chi connectivity index (χ3v) is 5.04. The standard InChI is InChI=1S/C16H30N2O2/c1-18(12-14-6-4-3-5-7-14)15(19)16(13-20-2)8-10-17-11-9-16/h14,17H,3-13H2,1-2H3. The van der Waals surface area contributed by atoms with Crippen molar-refractivity contribution in [3.63, 3.8) is 0 Å². The maximum absolute atomic E-state index is 12.9. The molecule has 1 saturated heterocycles. The monoisotopic (exact) mass is 282 g/mol. The Morgan fingerprint density at radius 1 is 1.25 bits per heavy atom. The molecule has 2 rings (SSSR count). The summed E-state index contributed by atoms with van der Waals surface area (Å²) in [4.78, 5) is 14.9. The fraction of sp³-hybridized carbons (Fsp3) is 0.938. The highest BCUT2D eigenvalue weighted by Gasteiger charge is 2.41. The van der Waals surface area contributed by atoms with E-state index < -0.39 is 0 Å². The number of amides is 1. The Morgan fingerprint density at radius 2 is 1.90 bits per heavy atom. The van der Waals surface area contributed by atoms with E-state index in [1.807, 2.05) is 11.9 Å². The molecule has 0 aromatic carbocycles. The van der Waals surface area contributed by atoms with Gasteiger partial charge < -0.3 is 15.0 Å². The summed E-state index contributed by atoms with van der Waals surface area (Å²) in [5.41, 5.74) is -0.288. The summed E-state index contributed by atoms with van der Waals surface area (Å²) in [6, 6.07) is 0. The first-order chi connectivity index (χ1) is 9.68. The molecular weight excluding hydrogens is 252 g/mol. The summed E-state index contributed by atoms with van der Waals surface area (Å²) >= 11 is 0. The molecule has 0 atom stereocenters. The van der Waals surface area contributed by atoms with Crippen molar-refractivity contribution < 1.29 is 9.53 Å². The molecule has 0 unspecified atom stereocenters. The smallest absolute Gasteiger partial charge is 0.230 e. The molecular formula is C16H30N2O2. The van der Waals surface area contributed by atoms with Gasteiger partial charge in [0.1, 0.15) is 0 Å². The minimum absolute atomic E-state index is 0.288. The zero-order valence-electron chi connectivity index (χ0n) is 13.1. The first-order valence-electron chi connectivity index (χ1n) is 8.13. The largest absolute Gasteiger partial charge is 0.384 e. The van der Waals surface area contributed by atoms with Crippen LogP contribution in [0.25, 0.3) is 0 Å². The number of methoxy groups -OCH3 is 1. The van der Waals surface area contributed by atoms with Crippen LogP contribution >= 0.6 is 0 Å². The zero-order chi connectivity index (χ0) is 14.4. The van der Waals surface area contributed by atoms with Crippen LogP contribution in [0.5, 0.6) is 0 Å². The maximum Gasteiger partial charge on any atom is 0.230 e. The number of rotatable bonds is 5. The number of piperidine rings is 1. The van der Waals surface area contributed by atoms with E-state index in [1.165, 1.54) is 32.1 Å². The van der Waals surface area contributed by atoms with E-state index in [2.05, 4.69) is 5.32 Å². The molecule has 0 radical (unpaired) electrons. The number of nitrogens with one attached hydrogen (secondary N) is 1. The number of carbonyl (C=O) groups excluding carboxylic acids is 1. The minimum Gasteiger partial charge on any atom is -0.384 e. The normalized spacial score (nSPS) is 23.5. The average Bonchev–Trinajstić information content (AvgIpc) is 2.48.